The molecule has 2 N–H and O–H groups in total. The van der Waals surface area contributed by atoms with Gasteiger partial charge in [0.25, 0.3) is 0 Å². The van der Waals surface area contributed by atoms with E-state index in [4.69, 9.17) is 0 Å². The van der Waals surface area contributed by atoms with E-state index in [1.165, 1.54) is 0 Å². The van der Waals surface area contributed by atoms with Crippen LogP contribution in [0.5, 0.6) is 0 Å². The van der Waals surface area contributed by atoms with Gasteiger partial charge in [-0.2, -0.15) is 8.75 Å². The number of hydrogen-bond donors (Lipinski definition) is 2. The summed E-state index contributed by atoms with van der Waals surface area (Å²) in [6.07, 6.45) is 0. The van der Waals surface area contributed by atoms with Crippen LogP contribution in [0.4, 0.5) is 5.69 Å². The number of aromatic nitrogens is 2. The number of fused-ring (bicyclic) bond motifs is 1. The van der Waals surface area contributed by atoms with E-state index in [1.807, 2.05) is 23.1 Å². The third kappa shape index (κ3) is 2.58. The molecule has 2 aromatic rings. The molecular weight excluding hydrogens is 264 g/mol. The van der Waals surface area contributed by atoms with E-state index in [9.17, 15) is 9.90 Å². The maximum Gasteiger partial charge on any atom is 0.238 e. The van der Waals surface area contributed by atoms with Crippen LogP contribution in [0.1, 0.15) is 6.92 Å². The Morgan fingerprint density at radius 1 is 1.53 bits per heavy atom. The molecule has 0 spiro atoms. The number of aliphatic hydroxyl groups is 1. The highest BCUT2D eigenvalue weighted by Crippen LogP contribution is 2.22. The van der Waals surface area contributed by atoms with Crippen molar-refractivity contribution in [2.24, 2.45) is 0 Å². The molecule has 100 valence electrons. The van der Waals surface area contributed by atoms with Crippen molar-refractivity contribution in [3.63, 3.8) is 0 Å². The largest absolute Gasteiger partial charge is 0.388 e. The summed E-state index contributed by atoms with van der Waals surface area (Å²) in [5, 5.41) is 12.4. The molecule has 0 radical (unpaired) electrons. The van der Waals surface area contributed by atoms with Crippen molar-refractivity contribution in [3.05, 3.63) is 18.2 Å². The summed E-state index contributed by atoms with van der Waals surface area (Å²) in [6.45, 7) is 3.11. The molecule has 6 nitrogen and oxygen atoms in total. The van der Waals surface area contributed by atoms with Crippen LogP contribution in [0.2, 0.25) is 0 Å². The number of likely N-dealkylation sites (tertiary alicyclic amines) is 1. The maximum atomic E-state index is 11.9. The molecular formula is C12H14N4O2S. The highest BCUT2D eigenvalue weighted by molar-refractivity contribution is 7.00. The Labute approximate surface area is 114 Å². The molecule has 2 heterocycles. The van der Waals surface area contributed by atoms with Crippen molar-refractivity contribution in [1.29, 1.82) is 0 Å². The average molecular weight is 278 g/mol. The summed E-state index contributed by atoms with van der Waals surface area (Å²) in [5.41, 5.74) is 1.54. The minimum atomic E-state index is -0.654. The number of amides is 1. The lowest BCUT2D eigenvalue weighted by atomic mass is 9.97. The lowest BCUT2D eigenvalue weighted by Crippen LogP contribution is -2.61. The molecule has 1 aliphatic rings. The van der Waals surface area contributed by atoms with E-state index < -0.39 is 5.60 Å². The number of β-amino-alcohol motifs (C(OH)–C–C–N with tert-alkyl or cyclic N) is 1. The number of nitrogens with zero attached hydrogens (tertiary/aromatic N) is 3. The lowest BCUT2D eigenvalue weighted by molar-refractivity contribution is -0.125. The van der Waals surface area contributed by atoms with Crippen LogP contribution < -0.4 is 5.32 Å². The van der Waals surface area contributed by atoms with Crippen molar-refractivity contribution >= 4 is 34.4 Å². The number of benzene rings is 1. The Kier molecular flexibility index (Phi) is 2.96. The zero-order valence-electron chi connectivity index (χ0n) is 10.5. The quantitative estimate of drug-likeness (QED) is 0.864. The van der Waals surface area contributed by atoms with Gasteiger partial charge in [0.15, 0.2) is 0 Å². The second kappa shape index (κ2) is 4.52. The minimum absolute atomic E-state index is 0.101. The summed E-state index contributed by atoms with van der Waals surface area (Å²) in [6, 6.07) is 5.52. The summed E-state index contributed by atoms with van der Waals surface area (Å²) in [5.74, 6) is -0.101. The molecule has 0 saturated carbocycles. The van der Waals surface area contributed by atoms with E-state index >= 15 is 0 Å². The molecule has 0 unspecified atom stereocenters. The van der Waals surface area contributed by atoms with Crippen LogP contribution in [0.3, 0.4) is 0 Å². The first-order valence-corrected chi connectivity index (χ1v) is 6.72. The predicted molar refractivity (Wildman–Crippen MR) is 73.1 cm³/mol. The Balaban J connectivity index is 1.65. The van der Waals surface area contributed by atoms with E-state index in [2.05, 4.69) is 14.1 Å². The Morgan fingerprint density at radius 2 is 2.32 bits per heavy atom. The van der Waals surface area contributed by atoms with Gasteiger partial charge in [-0.25, -0.2) is 0 Å². The standard InChI is InChI=1S/C12H14N4O2S/c1-12(18)6-16(7-12)5-10(17)13-8-3-2-4-9-11(8)15-19-14-9/h2-4,18H,5-7H2,1H3,(H,13,17). The number of anilines is 1. The molecule has 0 aliphatic carbocycles. The molecule has 1 amide bonds. The number of hydrogen-bond acceptors (Lipinski definition) is 6. The lowest BCUT2D eigenvalue weighted by Gasteiger charge is -2.43. The molecule has 1 saturated heterocycles. The Hall–Kier alpha value is -1.57. The highest BCUT2D eigenvalue weighted by atomic mass is 32.1. The van der Waals surface area contributed by atoms with Gasteiger partial charge in [0.2, 0.25) is 5.91 Å². The maximum absolute atomic E-state index is 11.9. The fraction of sp³-hybridized carbons (Fsp3) is 0.417. The highest BCUT2D eigenvalue weighted by Gasteiger charge is 2.37. The van der Waals surface area contributed by atoms with E-state index in [0.29, 0.717) is 18.8 Å². The fourth-order valence-corrected chi connectivity index (χ4v) is 2.88. The first-order chi connectivity index (χ1) is 9.03. The van der Waals surface area contributed by atoms with Crippen molar-refractivity contribution in [2.75, 3.05) is 25.0 Å². The van der Waals surface area contributed by atoms with E-state index in [0.717, 1.165) is 22.8 Å². The molecule has 3 rings (SSSR count). The summed E-state index contributed by atoms with van der Waals surface area (Å²) in [4.78, 5) is 13.8. The van der Waals surface area contributed by atoms with Crippen LogP contribution in [0.15, 0.2) is 18.2 Å². The predicted octanol–water partition coefficient (Wildman–Crippen LogP) is 0.696. The number of carbonyl (C=O) groups is 1. The van der Waals surface area contributed by atoms with Crippen LogP contribution in [0.25, 0.3) is 11.0 Å². The van der Waals surface area contributed by atoms with Crippen molar-refractivity contribution in [2.45, 2.75) is 12.5 Å². The molecule has 1 aliphatic heterocycles. The number of carbonyl (C=O) groups excluding carboxylic acids is 1. The second-order valence-corrected chi connectivity index (χ2v) is 5.66. The van der Waals surface area contributed by atoms with Gasteiger partial charge in [0.05, 0.1) is 29.6 Å². The monoisotopic (exact) mass is 278 g/mol. The van der Waals surface area contributed by atoms with Gasteiger partial charge in [0.1, 0.15) is 11.0 Å². The van der Waals surface area contributed by atoms with Gasteiger partial charge in [-0.15, -0.1) is 0 Å². The topological polar surface area (TPSA) is 78.4 Å². The van der Waals surface area contributed by atoms with Crippen LogP contribution >= 0.6 is 11.7 Å². The van der Waals surface area contributed by atoms with Crippen LogP contribution in [-0.4, -0.2) is 49.9 Å². The first-order valence-electron chi connectivity index (χ1n) is 5.99. The molecule has 1 aromatic heterocycles. The summed E-state index contributed by atoms with van der Waals surface area (Å²) >= 11 is 1.13. The van der Waals surface area contributed by atoms with Gasteiger partial charge < -0.3 is 10.4 Å². The normalized spacial score (nSPS) is 18.2. The van der Waals surface area contributed by atoms with E-state index in [1.54, 1.807) is 6.92 Å². The summed E-state index contributed by atoms with van der Waals surface area (Å²) < 4.78 is 8.30. The zero-order chi connectivity index (χ0) is 13.5. The van der Waals surface area contributed by atoms with Crippen molar-refractivity contribution in [3.8, 4) is 0 Å². The molecule has 0 atom stereocenters. The van der Waals surface area contributed by atoms with Gasteiger partial charge in [-0.3, -0.25) is 9.69 Å². The Morgan fingerprint density at radius 3 is 3.05 bits per heavy atom. The van der Waals surface area contributed by atoms with Crippen LogP contribution in [0, 0.1) is 0 Å². The molecule has 7 heteroatoms. The summed E-state index contributed by atoms with van der Waals surface area (Å²) in [7, 11) is 0. The van der Waals surface area contributed by atoms with Crippen molar-refractivity contribution in [1.82, 2.24) is 13.6 Å². The Bertz CT molecular complexity index is 617. The van der Waals surface area contributed by atoms with Gasteiger partial charge >= 0.3 is 0 Å². The number of rotatable bonds is 3. The van der Waals surface area contributed by atoms with Gasteiger partial charge in [-0.05, 0) is 19.1 Å². The van der Waals surface area contributed by atoms with E-state index in [-0.39, 0.29) is 12.5 Å². The van der Waals surface area contributed by atoms with Gasteiger partial charge in [-0.1, -0.05) is 6.07 Å². The average Bonchev–Trinajstić information content (AvgIpc) is 2.75. The number of nitrogens with one attached hydrogen (secondary N) is 1. The minimum Gasteiger partial charge on any atom is -0.388 e. The molecule has 19 heavy (non-hydrogen) atoms. The fourth-order valence-electron chi connectivity index (χ4n) is 2.33. The third-order valence-electron chi connectivity index (χ3n) is 3.06. The zero-order valence-corrected chi connectivity index (χ0v) is 11.3. The van der Waals surface area contributed by atoms with Crippen LogP contribution in [-0.2, 0) is 4.79 Å². The third-order valence-corrected chi connectivity index (χ3v) is 3.60. The molecule has 0 bridgehead atoms. The SMILES string of the molecule is CC1(O)CN(CC(=O)Nc2cccc3nsnc23)C1. The molecule has 1 fully saturated rings. The van der Waals surface area contributed by atoms with Crippen molar-refractivity contribution < 1.29 is 9.90 Å². The molecule has 1 aromatic carbocycles. The first kappa shape index (κ1) is 12.5. The second-order valence-electron chi connectivity index (χ2n) is 5.13. The van der Waals surface area contributed by atoms with Gasteiger partial charge in [0, 0.05) is 13.1 Å². The smallest absolute Gasteiger partial charge is 0.238 e.